The second-order valence-electron chi connectivity index (χ2n) is 6.09. The van der Waals surface area contributed by atoms with Crippen molar-refractivity contribution in [3.05, 3.63) is 22.7 Å². The van der Waals surface area contributed by atoms with E-state index >= 15 is 0 Å². The quantitative estimate of drug-likeness (QED) is 0.473. The molecule has 1 amide bonds. The van der Waals surface area contributed by atoms with Gasteiger partial charge in [0.05, 0.1) is 6.61 Å². The van der Waals surface area contributed by atoms with Crippen LogP contribution in [-0.2, 0) is 9.53 Å². The summed E-state index contributed by atoms with van der Waals surface area (Å²) in [6.07, 6.45) is 0.806. The number of anilines is 1. The van der Waals surface area contributed by atoms with E-state index in [1.54, 1.807) is 0 Å². The molecule has 4 atom stereocenters. The number of amides is 1. The van der Waals surface area contributed by atoms with Gasteiger partial charge in [0.1, 0.15) is 24.1 Å². The van der Waals surface area contributed by atoms with Crippen molar-refractivity contribution in [2.24, 2.45) is 0 Å². The molecule has 1 fully saturated rings. The third-order valence-corrected chi connectivity index (χ3v) is 4.15. The number of unbranched alkanes of at least 4 members (excludes halogenated alkanes) is 3. The van der Waals surface area contributed by atoms with Crippen LogP contribution in [0.1, 0.15) is 45.3 Å². The number of rotatable bonds is 8. The molecule has 0 aromatic carbocycles. The van der Waals surface area contributed by atoms with E-state index in [1.807, 2.05) is 0 Å². The molecular weight excluding hydrogens is 330 g/mol. The molecule has 1 aromatic rings. The molecule has 0 unspecified atom stereocenters. The topological polar surface area (TPSA) is 134 Å². The minimum absolute atomic E-state index is 0.119. The van der Waals surface area contributed by atoms with Crippen molar-refractivity contribution in [1.82, 2.24) is 9.55 Å². The summed E-state index contributed by atoms with van der Waals surface area (Å²) in [6, 6.07) is 1.42. The average molecular weight is 355 g/mol. The highest BCUT2D eigenvalue weighted by Gasteiger charge is 2.43. The Morgan fingerprint density at radius 3 is 2.68 bits per heavy atom. The predicted octanol–water partition coefficient (Wildman–Crippen LogP) is -0.236. The SMILES string of the molecule is CCCCCCC(=O)Nc1ccn([C@@H]2O[C@H](CO)[C@@H](O)[C@H]2O)c(=O)n1. The van der Waals surface area contributed by atoms with Crippen LogP contribution < -0.4 is 11.0 Å². The van der Waals surface area contributed by atoms with Crippen LogP contribution in [0.25, 0.3) is 0 Å². The van der Waals surface area contributed by atoms with Gasteiger partial charge in [0.2, 0.25) is 5.91 Å². The first-order valence-corrected chi connectivity index (χ1v) is 8.49. The van der Waals surface area contributed by atoms with Gasteiger partial charge in [0.15, 0.2) is 6.23 Å². The molecule has 0 saturated carbocycles. The highest BCUT2D eigenvalue weighted by atomic mass is 16.6. The molecule has 25 heavy (non-hydrogen) atoms. The van der Waals surface area contributed by atoms with Crippen LogP contribution in [0.2, 0.25) is 0 Å². The minimum atomic E-state index is -1.37. The van der Waals surface area contributed by atoms with Crippen LogP contribution in [0.15, 0.2) is 17.1 Å². The number of aromatic nitrogens is 2. The van der Waals surface area contributed by atoms with Crippen molar-refractivity contribution in [3.63, 3.8) is 0 Å². The maximum Gasteiger partial charge on any atom is 0.351 e. The Morgan fingerprint density at radius 1 is 1.32 bits per heavy atom. The lowest BCUT2D eigenvalue weighted by Crippen LogP contribution is -2.36. The first kappa shape index (κ1) is 19.5. The van der Waals surface area contributed by atoms with Crippen molar-refractivity contribution >= 4 is 11.7 Å². The summed E-state index contributed by atoms with van der Waals surface area (Å²) in [4.78, 5) is 27.7. The predicted molar refractivity (Wildman–Crippen MR) is 88.9 cm³/mol. The lowest BCUT2D eigenvalue weighted by atomic mass is 10.1. The molecule has 9 nitrogen and oxygen atoms in total. The highest BCUT2D eigenvalue weighted by molar-refractivity contribution is 5.89. The number of aliphatic hydroxyl groups excluding tert-OH is 3. The molecule has 0 spiro atoms. The molecule has 1 aliphatic heterocycles. The average Bonchev–Trinajstić information content (AvgIpc) is 2.87. The van der Waals surface area contributed by atoms with E-state index in [4.69, 9.17) is 9.84 Å². The number of carbonyl (C=O) groups excluding carboxylic acids is 1. The van der Waals surface area contributed by atoms with Crippen LogP contribution in [0.3, 0.4) is 0 Å². The number of hydrogen-bond acceptors (Lipinski definition) is 7. The number of nitrogens with one attached hydrogen (secondary N) is 1. The lowest BCUT2D eigenvalue weighted by Gasteiger charge is -2.17. The van der Waals surface area contributed by atoms with E-state index in [0.29, 0.717) is 6.42 Å². The summed E-state index contributed by atoms with van der Waals surface area (Å²) < 4.78 is 6.30. The molecule has 0 bridgehead atoms. The maximum atomic E-state index is 12.1. The maximum absolute atomic E-state index is 12.1. The number of ether oxygens (including phenoxy) is 1. The van der Waals surface area contributed by atoms with Crippen LogP contribution in [0.4, 0.5) is 5.82 Å². The molecule has 2 heterocycles. The zero-order chi connectivity index (χ0) is 18.4. The van der Waals surface area contributed by atoms with Crippen molar-refractivity contribution in [1.29, 1.82) is 0 Å². The fourth-order valence-corrected chi connectivity index (χ4v) is 2.70. The summed E-state index contributed by atoms with van der Waals surface area (Å²) in [5.41, 5.74) is -0.737. The Bertz CT molecular complexity index is 635. The summed E-state index contributed by atoms with van der Waals surface area (Å²) in [5.74, 6) is -0.0952. The molecule has 1 saturated heterocycles. The van der Waals surface area contributed by atoms with E-state index in [0.717, 1.165) is 30.3 Å². The second kappa shape index (κ2) is 9.04. The zero-order valence-electron chi connectivity index (χ0n) is 14.2. The van der Waals surface area contributed by atoms with Crippen LogP contribution in [0, 0.1) is 0 Å². The Balaban J connectivity index is 1.99. The fourth-order valence-electron chi connectivity index (χ4n) is 2.70. The van der Waals surface area contributed by atoms with Gasteiger partial charge in [0.25, 0.3) is 0 Å². The Kier molecular flexibility index (Phi) is 7.06. The molecule has 1 aromatic heterocycles. The molecule has 2 rings (SSSR count). The zero-order valence-corrected chi connectivity index (χ0v) is 14.2. The van der Waals surface area contributed by atoms with Gasteiger partial charge in [-0.2, -0.15) is 4.98 Å². The molecule has 140 valence electrons. The van der Waals surface area contributed by atoms with Crippen molar-refractivity contribution in [3.8, 4) is 0 Å². The van der Waals surface area contributed by atoms with Crippen molar-refractivity contribution < 1.29 is 24.9 Å². The van der Waals surface area contributed by atoms with E-state index in [2.05, 4.69) is 17.2 Å². The minimum Gasteiger partial charge on any atom is -0.394 e. The normalized spacial score (nSPS) is 25.9. The van der Waals surface area contributed by atoms with Gasteiger partial charge in [0, 0.05) is 12.6 Å². The van der Waals surface area contributed by atoms with Crippen molar-refractivity contribution in [2.45, 2.75) is 63.6 Å². The molecule has 9 heteroatoms. The van der Waals surface area contributed by atoms with Gasteiger partial charge in [-0.15, -0.1) is 0 Å². The van der Waals surface area contributed by atoms with Gasteiger partial charge in [-0.1, -0.05) is 26.2 Å². The van der Waals surface area contributed by atoms with Crippen LogP contribution in [0.5, 0.6) is 0 Å². The smallest absolute Gasteiger partial charge is 0.351 e. The van der Waals surface area contributed by atoms with Gasteiger partial charge in [-0.25, -0.2) is 4.79 Å². The summed E-state index contributed by atoms with van der Waals surface area (Å²) in [5, 5.41) is 31.3. The Labute approximate surface area is 145 Å². The largest absolute Gasteiger partial charge is 0.394 e. The number of hydrogen-bond donors (Lipinski definition) is 4. The molecule has 0 aliphatic carbocycles. The second-order valence-corrected chi connectivity index (χ2v) is 6.09. The summed E-state index contributed by atoms with van der Waals surface area (Å²) >= 11 is 0. The van der Waals surface area contributed by atoms with Crippen molar-refractivity contribution in [2.75, 3.05) is 11.9 Å². The summed E-state index contributed by atoms with van der Waals surface area (Å²) in [7, 11) is 0. The first-order valence-electron chi connectivity index (χ1n) is 8.49. The standard InChI is InChI=1S/C16H25N3O6/c1-2-3-4-5-6-12(21)17-11-7-8-19(16(24)18-11)15-14(23)13(22)10(9-20)25-15/h7-8,10,13-15,20,22-23H,2-6,9H2,1H3,(H,17,18,21,24)/t10-,13-,14-,15-/m1/s1. The Hall–Kier alpha value is -1.81. The van der Waals surface area contributed by atoms with E-state index in [9.17, 15) is 19.8 Å². The molecular formula is C16H25N3O6. The van der Waals surface area contributed by atoms with Gasteiger partial charge in [-0.3, -0.25) is 9.36 Å². The fraction of sp³-hybridized carbons (Fsp3) is 0.688. The molecule has 1 aliphatic rings. The van der Waals surface area contributed by atoms with Gasteiger partial charge in [-0.05, 0) is 12.5 Å². The van der Waals surface area contributed by atoms with Gasteiger partial charge < -0.3 is 25.4 Å². The highest BCUT2D eigenvalue weighted by Crippen LogP contribution is 2.28. The molecule has 4 N–H and O–H groups in total. The van der Waals surface area contributed by atoms with E-state index in [-0.39, 0.29) is 11.7 Å². The van der Waals surface area contributed by atoms with E-state index in [1.165, 1.54) is 12.3 Å². The lowest BCUT2D eigenvalue weighted by molar-refractivity contribution is -0.116. The Morgan fingerprint density at radius 2 is 2.08 bits per heavy atom. The van der Waals surface area contributed by atoms with Crippen LogP contribution in [-0.4, -0.2) is 55.7 Å². The third-order valence-electron chi connectivity index (χ3n) is 4.15. The molecule has 0 radical (unpaired) electrons. The first-order chi connectivity index (χ1) is 12.0. The monoisotopic (exact) mass is 355 g/mol. The summed E-state index contributed by atoms with van der Waals surface area (Å²) in [6.45, 7) is 1.61. The van der Waals surface area contributed by atoms with Gasteiger partial charge >= 0.3 is 5.69 Å². The number of nitrogens with zero attached hydrogens (tertiary/aromatic N) is 2. The third kappa shape index (κ3) is 4.85. The number of aliphatic hydroxyl groups is 3. The van der Waals surface area contributed by atoms with E-state index < -0.39 is 36.8 Å². The van der Waals surface area contributed by atoms with Crippen LogP contribution >= 0.6 is 0 Å². The number of carbonyl (C=O) groups is 1.